The molecule has 0 saturated heterocycles. The summed E-state index contributed by atoms with van der Waals surface area (Å²) in [4.78, 5) is 30.7. The highest BCUT2D eigenvalue weighted by Gasteiger charge is 2.37. The number of hydrogen-bond acceptors (Lipinski definition) is 4. The predicted octanol–water partition coefficient (Wildman–Crippen LogP) is 5.51. The summed E-state index contributed by atoms with van der Waals surface area (Å²) in [5.74, 6) is -0.00165. The van der Waals surface area contributed by atoms with Crippen molar-refractivity contribution in [3.8, 4) is 0 Å². The molecule has 1 amide bonds. The lowest BCUT2D eigenvalue weighted by atomic mass is 9.75. The van der Waals surface area contributed by atoms with E-state index in [0.717, 1.165) is 55.2 Å². The standard InChI is InChI=1S/C22H30N2O2S/c1-3-4-6-12-17(24-21(26)22(2)14-9-5-10-15-22)19(25)20-23-16-11-7-8-13-18(16)27-20/h7-8,11,13,17H,3-6,9-10,12,14-15H2,1-2H3,(H,24,26)/t17-/m0/s1. The Bertz CT molecular complexity index is 759. The van der Waals surface area contributed by atoms with Crippen molar-refractivity contribution in [2.24, 2.45) is 5.41 Å². The summed E-state index contributed by atoms with van der Waals surface area (Å²) in [6.45, 7) is 4.19. The van der Waals surface area contributed by atoms with Gasteiger partial charge in [0.15, 0.2) is 5.01 Å². The first kappa shape index (κ1) is 20.0. The quantitative estimate of drug-likeness (QED) is 0.480. The Labute approximate surface area is 165 Å². The average molecular weight is 387 g/mol. The predicted molar refractivity (Wildman–Crippen MR) is 111 cm³/mol. The van der Waals surface area contributed by atoms with E-state index in [2.05, 4.69) is 17.2 Å². The molecule has 0 radical (unpaired) electrons. The zero-order chi connectivity index (χ0) is 19.3. The summed E-state index contributed by atoms with van der Waals surface area (Å²) in [7, 11) is 0. The van der Waals surface area contributed by atoms with E-state index in [9.17, 15) is 9.59 Å². The fraction of sp³-hybridized carbons (Fsp3) is 0.591. The summed E-state index contributed by atoms with van der Waals surface area (Å²) >= 11 is 1.42. The lowest BCUT2D eigenvalue weighted by molar-refractivity contribution is -0.132. The van der Waals surface area contributed by atoms with Crippen molar-refractivity contribution in [3.63, 3.8) is 0 Å². The number of unbranched alkanes of at least 4 members (excludes halogenated alkanes) is 2. The molecule has 1 heterocycles. The van der Waals surface area contributed by atoms with Crippen LogP contribution in [0.5, 0.6) is 0 Å². The monoisotopic (exact) mass is 386 g/mol. The Morgan fingerprint density at radius 2 is 1.93 bits per heavy atom. The van der Waals surface area contributed by atoms with E-state index in [-0.39, 0.29) is 17.1 Å². The molecule has 0 unspecified atom stereocenters. The maximum atomic E-state index is 13.2. The van der Waals surface area contributed by atoms with Crippen molar-refractivity contribution in [1.29, 1.82) is 0 Å². The lowest BCUT2D eigenvalue weighted by Crippen LogP contribution is -2.48. The van der Waals surface area contributed by atoms with Crippen molar-refractivity contribution >= 4 is 33.2 Å². The molecule has 1 N–H and O–H groups in total. The van der Waals surface area contributed by atoms with E-state index >= 15 is 0 Å². The smallest absolute Gasteiger partial charge is 0.226 e. The van der Waals surface area contributed by atoms with Crippen LogP contribution in [0, 0.1) is 5.41 Å². The molecular formula is C22H30N2O2S. The molecule has 1 fully saturated rings. The van der Waals surface area contributed by atoms with Gasteiger partial charge < -0.3 is 5.32 Å². The van der Waals surface area contributed by atoms with Gasteiger partial charge in [0.1, 0.15) is 0 Å². The van der Waals surface area contributed by atoms with Gasteiger partial charge in [-0.25, -0.2) is 4.98 Å². The van der Waals surface area contributed by atoms with Gasteiger partial charge in [-0.05, 0) is 31.4 Å². The molecular weight excluding hydrogens is 356 g/mol. The molecule has 1 atom stereocenters. The fourth-order valence-electron chi connectivity index (χ4n) is 3.89. The van der Waals surface area contributed by atoms with E-state index in [1.807, 2.05) is 31.2 Å². The number of fused-ring (bicyclic) bond motifs is 1. The van der Waals surface area contributed by atoms with Gasteiger partial charge in [-0.2, -0.15) is 0 Å². The van der Waals surface area contributed by atoms with Crippen molar-refractivity contribution in [1.82, 2.24) is 10.3 Å². The summed E-state index contributed by atoms with van der Waals surface area (Å²) in [5.41, 5.74) is 0.513. The third kappa shape index (κ3) is 4.75. The summed E-state index contributed by atoms with van der Waals surface area (Å²) < 4.78 is 1.01. The third-order valence-electron chi connectivity index (χ3n) is 5.73. The van der Waals surface area contributed by atoms with Gasteiger partial charge in [-0.15, -0.1) is 11.3 Å². The summed E-state index contributed by atoms with van der Waals surface area (Å²) in [6.07, 6.45) is 9.00. The topological polar surface area (TPSA) is 59.1 Å². The van der Waals surface area contributed by atoms with Crippen LogP contribution in [0.4, 0.5) is 0 Å². The molecule has 27 heavy (non-hydrogen) atoms. The SMILES string of the molecule is CCCCC[C@H](NC(=O)C1(C)CCCCC1)C(=O)c1nc2ccccc2s1. The lowest BCUT2D eigenvalue weighted by Gasteiger charge is -2.33. The van der Waals surface area contributed by atoms with Crippen LogP contribution >= 0.6 is 11.3 Å². The van der Waals surface area contributed by atoms with E-state index < -0.39 is 6.04 Å². The Hall–Kier alpha value is -1.75. The number of thiazole rings is 1. The van der Waals surface area contributed by atoms with Crippen molar-refractivity contribution in [2.75, 3.05) is 0 Å². The van der Waals surface area contributed by atoms with Crippen LogP contribution in [-0.2, 0) is 4.79 Å². The number of nitrogens with zero attached hydrogens (tertiary/aromatic N) is 1. The van der Waals surface area contributed by atoms with Gasteiger partial charge in [-0.1, -0.05) is 64.5 Å². The van der Waals surface area contributed by atoms with Crippen LogP contribution in [-0.4, -0.2) is 22.7 Å². The molecule has 0 spiro atoms. The van der Waals surface area contributed by atoms with Gasteiger partial charge in [0.2, 0.25) is 11.7 Å². The van der Waals surface area contributed by atoms with Crippen LogP contribution in [0.1, 0.15) is 81.4 Å². The van der Waals surface area contributed by atoms with Gasteiger partial charge >= 0.3 is 0 Å². The molecule has 5 heteroatoms. The minimum Gasteiger partial charge on any atom is -0.345 e. The number of carbonyl (C=O) groups excluding carboxylic acids is 2. The number of carbonyl (C=O) groups is 2. The molecule has 1 aromatic carbocycles. The highest BCUT2D eigenvalue weighted by molar-refractivity contribution is 7.20. The number of amides is 1. The second kappa shape index (κ2) is 8.96. The number of para-hydroxylation sites is 1. The number of nitrogens with one attached hydrogen (secondary N) is 1. The maximum absolute atomic E-state index is 13.2. The van der Waals surface area contributed by atoms with Crippen LogP contribution in [0.15, 0.2) is 24.3 Å². The second-order valence-corrected chi connectivity index (χ2v) is 9.02. The summed E-state index contributed by atoms with van der Waals surface area (Å²) in [5, 5.41) is 3.61. The molecule has 0 bridgehead atoms. The van der Waals surface area contributed by atoms with Crippen LogP contribution in [0.25, 0.3) is 10.2 Å². The van der Waals surface area contributed by atoms with Crippen molar-refractivity contribution in [2.45, 2.75) is 77.7 Å². The highest BCUT2D eigenvalue weighted by Crippen LogP contribution is 2.36. The second-order valence-electron chi connectivity index (χ2n) is 7.99. The molecule has 4 nitrogen and oxygen atoms in total. The summed E-state index contributed by atoms with van der Waals surface area (Å²) in [6, 6.07) is 7.33. The first-order valence-electron chi connectivity index (χ1n) is 10.2. The fourth-order valence-corrected chi connectivity index (χ4v) is 4.85. The minimum atomic E-state index is -0.469. The highest BCUT2D eigenvalue weighted by atomic mass is 32.1. The molecule has 3 rings (SSSR count). The first-order chi connectivity index (χ1) is 13.0. The van der Waals surface area contributed by atoms with Crippen LogP contribution in [0.2, 0.25) is 0 Å². The van der Waals surface area contributed by atoms with E-state index in [0.29, 0.717) is 11.4 Å². The number of benzene rings is 1. The van der Waals surface area contributed by atoms with Crippen molar-refractivity contribution < 1.29 is 9.59 Å². The molecule has 1 saturated carbocycles. The maximum Gasteiger partial charge on any atom is 0.226 e. The first-order valence-corrected chi connectivity index (χ1v) is 11.1. The Morgan fingerprint density at radius 3 is 2.63 bits per heavy atom. The third-order valence-corrected chi connectivity index (χ3v) is 6.78. The molecule has 146 valence electrons. The Kier molecular flexibility index (Phi) is 6.64. The van der Waals surface area contributed by atoms with Gasteiger partial charge in [0.25, 0.3) is 0 Å². The zero-order valence-corrected chi connectivity index (χ0v) is 17.2. The molecule has 1 aromatic heterocycles. The molecule has 1 aliphatic rings. The Morgan fingerprint density at radius 1 is 1.19 bits per heavy atom. The van der Waals surface area contributed by atoms with E-state index in [4.69, 9.17) is 0 Å². The van der Waals surface area contributed by atoms with E-state index in [1.165, 1.54) is 17.8 Å². The zero-order valence-electron chi connectivity index (χ0n) is 16.4. The Balaban J connectivity index is 1.77. The van der Waals surface area contributed by atoms with Gasteiger partial charge in [0.05, 0.1) is 16.3 Å². The molecule has 2 aromatic rings. The molecule has 1 aliphatic carbocycles. The van der Waals surface area contributed by atoms with Gasteiger partial charge in [-0.3, -0.25) is 9.59 Å². The number of ketones is 1. The number of aromatic nitrogens is 1. The van der Waals surface area contributed by atoms with Gasteiger partial charge in [0, 0.05) is 5.41 Å². The van der Waals surface area contributed by atoms with Crippen LogP contribution < -0.4 is 5.32 Å². The van der Waals surface area contributed by atoms with E-state index in [1.54, 1.807) is 0 Å². The number of rotatable bonds is 8. The number of hydrogen-bond donors (Lipinski definition) is 1. The minimum absolute atomic E-state index is 0.0400. The average Bonchev–Trinajstić information content (AvgIpc) is 3.11. The normalized spacial score (nSPS) is 17.6. The largest absolute Gasteiger partial charge is 0.345 e. The number of Topliss-reactive ketones (excluding diaryl/α,β-unsaturated/α-hetero) is 1. The van der Waals surface area contributed by atoms with Crippen LogP contribution in [0.3, 0.4) is 0 Å². The van der Waals surface area contributed by atoms with Crippen molar-refractivity contribution in [3.05, 3.63) is 29.3 Å². The molecule has 0 aliphatic heterocycles.